The van der Waals surface area contributed by atoms with E-state index in [1.54, 1.807) is 6.92 Å². The van der Waals surface area contributed by atoms with Gasteiger partial charge in [0, 0.05) is 29.1 Å². The quantitative estimate of drug-likeness (QED) is 0.855. The van der Waals surface area contributed by atoms with Crippen molar-refractivity contribution < 1.29 is 9.53 Å². The van der Waals surface area contributed by atoms with Crippen LogP contribution in [0.5, 0.6) is 0 Å². The van der Waals surface area contributed by atoms with Crippen molar-refractivity contribution in [1.29, 1.82) is 0 Å². The summed E-state index contributed by atoms with van der Waals surface area (Å²) in [7, 11) is 0. The van der Waals surface area contributed by atoms with Gasteiger partial charge in [-0.25, -0.2) is 9.78 Å². The molecule has 0 saturated carbocycles. The summed E-state index contributed by atoms with van der Waals surface area (Å²) in [5.74, 6) is -0.328. The molecule has 0 fully saturated rings. The van der Waals surface area contributed by atoms with Gasteiger partial charge in [-0.3, -0.25) is 0 Å². The van der Waals surface area contributed by atoms with Crippen LogP contribution in [0.4, 0.5) is 5.69 Å². The summed E-state index contributed by atoms with van der Waals surface area (Å²) in [5, 5.41) is 3.83. The first-order valence-electron chi connectivity index (χ1n) is 6.29. The molecule has 0 saturated heterocycles. The third-order valence-electron chi connectivity index (χ3n) is 3.00. The van der Waals surface area contributed by atoms with Gasteiger partial charge >= 0.3 is 5.97 Å². The van der Waals surface area contributed by atoms with Crippen LogP contribution in [0.1, 0.15) is 21.6 Å². The van der Waals surface area contributed by atoms with Gasteiger partial charge in [0.15, 0.2) is 0 Å². The number of hydrogen-bond donors (Lipinski definition) is 1. The fraction of sp³-hybridized carbons (Fsp3) is 0.286. The van der Waals surface area contributed by atoms with E-state index in [1.807, 2.05) is 24.3 Å². The first-order valence-corrected chi connectivity index (χ1v) is 7.11. The highest BCUT2D eigenvalue weighted by Crippen LogP contribution is 2.35. The number of ether oxygens (including phenoxy) is 1. The van der Waals surface area contributed by atoms with Crippen molar-refractivity contribution in [2.24, 2.45) is 0 Å². The number of fused-ring (bicyclic) bond motifs is 3. The molecule has 5 heteroatoms. The lowest BCUT2D eigenvalue weighted by Crippen LogP contribution is -2.04. The number of carbonyl (C=O) groups excluding carboxylic acids is 1. The minimum absolute atomic E-state index is 0.328. The third-order valence-corrected chi connectivity index (χ3v) is 4.09. The molecule has 2 aromatic rings. The number of esters is 1. The zero-order valence-corrected chi connectivity index (χ0v) is 11.4. The first-order chi connectivity index (χ1) is 9.29. The normalized spacial score (nSPS) is 12.9. The number of rotatable bonds is 2. The fourth-order valence-electron chi connectivity index (χ4n) is 2.17. The number of benzene rings is 1. The predicted molar refractivity (Wildman–Crippen MR) is 75.7 cm³/mol. The molecule has 0 spiro atoms. The molecule has 0 unspecified atom stereocenters. The molecule has 2 heterocycles. The Bertz CT molecular complexity index is 622. The summed E-state index contributed by atoms with van der Waals surface area (Å²) in [6.45, 7) is 3.03. The smallest absolute Gasteiger partial charge is 0.367 e. The summed E-state index contributed by atoms with van der Waals surface area (Å²) in [5.41, 5.74) is 3.04. The Kier molecular flexibility index (Phi) is 3.21. The van der Waals surface area contributed by atoms with Crippen LogP contribution >= 0.6 is 11.3 Å². The van der Waals surface area contributed by atoms with Crippen molar-refractivity contribution in [1.82, 2.24) is 4.98 Å². The number of thiazole rings is 1. The van der Waals surface area contributed by atoms with Gasteiger partial charge in [-0.2, -0.15) is 0 Å². The first kappa shape index (κ1) is 12.2. The molecule has 1 N–H and O–H groups in total. The van der Waals surface area contributed by atoms with Gasteiger partial charge in [0.25, 0.3) is 0 Å². The van der Waals surface area contributed by atoms with Gasteiger partial charge in [0.2, 0.25) is 5.01 Å². The molecule has 1 aliphatic rings. The number of para-hydroxylation sites is 1. The molecule has 19 heavy (non-hydrogen) atoms. The van der Waals surface area contributed by atoms with Crippen LogP contribution < -0.4 is 5.32 Å². The predicted octanol–water partition coefficient (Wildman–Crippen LogP) is 2.95. The van der Waals surface area contributed by atoms with E-state index in [-0.39, 0.29) is 5.97 Å². The molecule has 0 bridgehead atoms. The van der Waals surface area contributed by atoms with E-state index in [2.05, 4.69) is 10.3 Å². The van der Waals surface area contributed by atoms with E-state index in [9.17, 15) is 4.79 Å². The van der Waals surface area contributed by atoms with Crippen LogP contribution in [-0.2, 0) is 11.2 Å². The van der Waals surface area contributed by atoms with Gasteiger partial charge in [-0.1, -0.05) is 18.2 Å². The zero-order valence-electron chi connectivity index (χ0n) is 10.6. The maximum atomic E-state index is 11.8. The molecule has 1 aromatic carbocycles. The third kappa shape index (κ3) is 2.21. The largest absolute Gasteiger partial charge is 0.461 e. The van der Waals surface area contributed by atoms with Crippen LogP contribution in [-0.4, -0.2) is 24.1 Å². The average molecular weight is 274 g/mol. The molecule has 0 amide bonds. The number of carbonyl (C=O) groups is 1. The van der Waals surface area contributed by atoms with Crippen LogP contribution in [0, 0.1) is 0 Å². The summed E-state index contributed by atoms with van der Waals surface area (Å²) >= 11 is 1.43. The Balaban J connectivity index is 2.06. The van der Waals surface area contributed by atoms with E-state index in [1.165, 1.54) is 11.3 Å². The van der Waals surface area contributed by atoms with Crippen molar-refractivity contribution in [3.63, 3.8) is 0 Å². The molecule has 1 aliphatic heterocycles. The summed E-state index contributed by atoms with van der Waals surface area (Å²) in [6.07, 6.45) is 0.876. The number of nitrogens with zero attached hydrogens (tertiary/aromatic N) is 1. The second kappa shape index (κ2) is 5.01. The molecule has 0 aliphatic carbocycles. The van der Waals surface area contributed by atoms with Crippen LogP contribution in [0.25, 0.3) is 11.3 Å². The Morgan fingerprint density at radius 3 is 3.16 bits per heavy atom. The Labute approximate surface area is 115 Å². The fourth-order valence-corrected chi connectivity index (χ4v) is 3.14. The maximum absolute atomic E-state index is 11.8. The molecular weight excluding hydrogens is 260 g/mol. The summed E-state index contributed by atoms with van der Waals surface area (Å²) < 4.78 is 5.02. The van der Waals surface area contributed by atoms with Crippen molar-refractivity contribution in [3.8, 4) is 11.3 Å². The minimum Gasteiger partial charge on any atom is -0.461 e. The van der Waals surface area contributed by atoms with Crippen molar-refractivity contribution in [2.45, 2.75) is 13.3 Å². The van der Waals surface area contributed by atoms with Gasteiger partial charge in [0.05, 0.1) is 12.3 Å². The SMILES string of the molecule is CCOC(=O)c1nc2c(s1)CCNc1ccccc1-2. The molecule has 0 atom stereocenters. The highest BCUT2D eigenvalue weighted by atomic mass is 32.1. The van der Waals surface area contributed by atoms with E-state index >= 15 is 0 Å². The number of nitrogens with one attached hydrogen (secondary N) is 1. The van der Waals surface area contributed by atoms with Gasteiger partial charge in [-0.15, -0.1) is 11.3 Å². The van der Waals surface area contributed by atoms with Crippen LogP contribution in [0.3, 0.4) is 0 Å². The van der Waals surface area contributed by atoms with Gasteiger partial charge in [-0.05, 0) is 13.0 Å². The van der Waals surface area contributed by atoms with Crippen molar-refractivity contribution in [3.05, 3.63) is 34.2 Å². The maximum Gasteiger partial charge on any atom is 0.367 e. The zero-order chi connectivity index (χ0) is 13.2. The monoisotopic (exact) mass is 274 g/mol. The topological polar surface area (TPSA) is 51.2 Å². The van der Waals surface area contributed by atoms with E-state index in [0.717, 1.165) is 34.8 Å². The summed E-state index contributed by atoms with van der Waals surface area (Å²) in [6, 6.07) is 8.05. The lowest BCUT2D eigenvalue weighted by atomic mass is 10.1. The van der Waals surface area contributed by atoms with Crippen LogP contribution in [0.15, 0.2) is 24.3 Å². The lowest BCUT2D eigenvalue weighted by molar-refractivity contribution is 0.0526. The average Bonchev–Trinajstić information content (AvgIpc) is 2.77. The molecule has 4 nitrogen and oxygen atoms in total. The van der Waals surface area contributed by atoms with Crippen molar-refractivity contribution in [2.75, 3.05) is 18.5 Å². The molecule has 1 aromatic heterocycles. The molecule has 98 valence electrons. The van der Waals surface area contributed by atoms with Gasteiger partial charge in [0.1, 0.15) is 0 Å². The number of hydrogen-bond acceptors (Lipinski definition) is 5. The highest BCUT2D eigenvalue weighted by Gasteiger charge is 2.22. The summed E-state index contributed by atoms with van der Waals surface area (Å²) in [4.78, 5) is 17.4. The van der Waals surface area contributed by atoms with E-state index in [0.29, 0.717) is 11.6 Å². The molecule has 3 rings (SSSR count). The molecule has 0 radical (unpaired) electrons. The Morgan fingerprint density at radius 1 is 1.47 bits per heavy atom. The standard InChI is InChI=1S/C14H14N2O2S/c1-2-18-14(17)13-16-12-9-5-3-4-6-10(9)15-8-7-11(12)19-13/h3-6,15H,2,7-8H2,1H3. The minimum atomic E-state index is -0.328. The number of aromatic nitrogens is 1. The van der Waals surface area contributed by atoms with E-state index < -0.39 is 0 Å². The Hall–Kier alpha value is -1.88. The lowest BCUT2D eigenvalue weighted by Gasteiger charge is -2.05. The Morgan fingerprint density at radius 2 is 2.32 bits per heavy atom. The second-order valence-electron chi connectivity index (χ2n) is 4.23. The van der Waals surface area contributed by atoms with Gasteiger partial charge < -0.3 is 10.1 Å². The molecular formula is C14H14N2O2S. The second-order valence-corrected chi connectivity index (χ2v) is 5.32. The number of anilines is 1. The van der Waals surface area contributed by atoms with E-state index in [4.69, 9.17) is 4.74 Å². The van der Waals surface area contributed by atoms with Crippen molar-refractivity contribution >= 4 is 23.0 Å². The van der Waals surface area contributed by atoms with Crippen LogP contribution in [0.2, 0.25) is 0 Å². The highest BCUT2D eigenvalue weighted by molar-refractivity contribution is 7.14.